The second-order valence-electron chi connectivity index (χ2n) is 6.91. The first-order chi connectivity index (χ1) is 14.3. The number of carbonyl (C=O) groups is 1. The molecular weight excluding hydrogens is 368 g/mol. The van der Waals surface area contributed by atoms with Crippen LogP contribution in [0, 0.1) is 0 Å². The normalized spacial score (nSPS) is 14.6. The summed E-state index contributed by atoms with van der Waals surface area (Å²) in [6, 6.07) is 17.3. The molecule has 1 saturated heterocycles. The van der Waals surface area contributed by atoms with E-state index in [0.29, 0.717) is 43.7 Å². The van der Waals surface area contributed by atoms with Gasteiger partial charge in [-0.2, -0.15) is 5.10 Å². The van der Waals surface area contributed by atoms with Crippen molar-refractivity contribution >= 4 is 5.91 Å². The molecule has 0 unspecified atom stereocenters. The molecule has 150 valence electrons. The van der Waals surface area contributed by atoms with Gasteiger partial charge < -0.3 is 14.4 Å². The van der Waals surface area contributed by atoms with E-state index in [4.69, 9.17) is 9.47 Å². The highest BCUT2D eigenvalue weighted by Gasteiger charge is 2.26. The number of piperidine rings is 1. The van der Waals surface area contributed by atoms with Gasteiger partial charge in [0.05, 0.1) is 11.6 Å². The highest BCUT2D eigenvalue weighted by molar-refractivity contribution is 5.97. The van der Waals surface area contributed by atoms with Gasteiger partial charge in [0.25, 0.3) is 5.91 Å². The van der Waals surface area contributed by atoms with Gasteiger partial charge in [-0.1, -0.05) is 30.3 Å². The highest BCUT2D eigenvalue weighted by atomic mass is 16.5. The number of benzene rings is 2. The van der Waals surface area contributed by atoms with Gasteiger partial charge in [-0.15, -0.1) is 0 Å². The molecule has 2 aromatic carbocycles. The molecule has 0 radical (unpaired) electrons. The lowest BCUT2D eigenvalue weighted by molar-refractivity contribution is 0.0684. The van der Waals surface area contributed by atoms with Gasteiger partial charge in [-0.3, -0.25) is 4.79 Å². The summed E-state index contributed by atoms with van der Waals surface area (Å²) in [5.41, 5.74) is 0.589. The van der Waals surface area contributed by atoms with Crippen LogP contribution in [0.4, 0.5) is 0 Å². The molecule has 1 amide bonds. The topological polar surface area (TPSA) is 69.5 Å². The Morgan fingerprint density at radius 1 is 0.966 bits per heavy atom. The summed E-state index contributed by atoms with van der Waals surface area (Å²) in [6.07, 6.45) is 5.02. The van der Waals surface area contributed by atoms with E-state index in [0.717, 1.165) is 18.6 Å². The Morgan fingerprint density at radius 3 is 2.45 bits per heavy atom. The molecule has 0 N–H and O–H groups in total. The lowest BCUT2D eigenvalue weighted by Gasteiger charge is -2.32. The molecule has 3 aromatic rings. The highest BCUT2D eigenvalue weighted by Crippen LogP contribution is 2.25. The van der Waals surface area contributed by atoms with Crippen molar-refractivity contribution in [2.24, 2.45) is 0 Å². The maximum atomic E-state index is 13.0. The van der Waals surface area contributed by atoms with Gasteiger partial charge in [0.1, 0.15) is 37.4 Å². The van der Waals surface area contributed by atoms with E-state index in [9.17, 15) is 4.79 Å². The summed E-state index contributed by atoms with van der Waals surface area (Å²) in [5, 5.41) is 4.22. The first-order valence-corrected chi connectivity index (χ1v) is 9.84. The number of amides is 1. The molecule has 1 aliphatic heterocycles. The molecule has 7 heteroatoms. The van der Waals surface area contributed by atoms with Crippen molar-refractivity contribution < 1.29 is 14.3 Å². The van der Waals surface area contributed by atoms with E-state index in [-0.39, 0.29) is 5.91 Å². The third-order valence-corrected chi connectivity index (χ3v) is 5.03. The van der Waals surface area contributed by atoms with E-state index in [1.54, 1.807) is 12.7 Å². The molecule has 0 bridgehead atoms. The summed E-state index contributed by atoms with van der Waals surface area (Å²) in [5.74, 6) is 1.39. The van der Waals surface area contributed by atoms with Crippen LogP contribution in [0.3, 0.4) is 0 Å². The molecule has 0 spiro atoms. The second kappa shape index (κ2) is 9.23. The van der Waals surface area contributed by atoms with Crippen molar-refractivity contribution in [1.82, 2.24) is 19.7 Å². The summed E-state index contributed by atoms with van der Waals surface area (Å²) in [7, 11) is 0. The number of aromatic nitrogens is 3. The third kappa shape index (κ3) is 4.74. The first-order valence-electron chi connectivity index (χ1n) is 9.84. The summed E-state index contributed by atoms with van der Waals surface area (Å²) in [6.45, 7) is 2.16. The van der Waals surface area contributed by atoms with E-state index < -0.39 is 0 Å². The molecule has 2 heterocycles. The second-order valence-corrected chi connectivity index (χ2v) is 6.91. The van der Waals surface area contributed by atoms with Gasteiger partial charge in [0.2, 0.25) is 0 Å². The zero-order valence-electron chi connectivity index (χ0n) is 16.2. The minimum atomic E-state index is 0.00150. The Labute approximate surface area is 169 Å². The lowest BCUT2D eigenvalue weighted by Crippen LogP contribution is -2.39. The Kier molecular flexibility index (Phi) is 6.04. The number of likely N-dealkylation sites (tertiary alicyclic amines) is 1. The zero-order valence-corrected chi connectivity index (χ0v) is 16.2. The smallest absolute Gasteiger partial charge is 0.257 e. The van der Waals surface area contributed by atoms with Crippen molar-refractivity contribution in [3.63, 3.8) is 0 Å². The minimum Gasteiger partial charge on any atom is -0.490 e. The monoisotopic (exact) mass is 392 g/mol. The molecule has 1 aliphatic rings. The standard InChI is InChI=1S/C22H24N4O3/c27-22(25-12-10-18(11-13-25)26-17-23-16-24-26)20-8-4-5-9-21(20)29-15-14-28-19-6-2-1-3-7-19/h1-9,16-18H,10-15H2. The molecule has 7 nitrogen and oxygen atoms in total. The van der Waals surface area contributed by atoms with E-state index >= 15 is 0 Å². The number of nitrogens with zero attached hydrogens (tertiary/aromatic N) is 4. The maximum Gasteiger partial charge on any atom is 0.257 e. The molecular formula is C22H24N4O3. The number of ether oxygens (including phenoxy) is 2. The van der Waals surface area contributed by atoms with Crippen LogP contribution < -0.4 is 9.47 Å². The van der Waals surface area contributed by atoms with E-state index in [2.05, 4.69) is 10.1 Å². The fourth-order valence-corrected chi connectivity index (χ4v) is 3.51. The molecule has 29 heavy (non-hydrogen) atoms. The predicted molar refractivity (Wildman–Crippen MR) is 108 cm³/mol. The summed E-state index contributed by atoms with van der Waals surface area (Å²) >= 11 is 0. The quantitative estimate of drug-likeness (QED) is 0.578. The van der Waals surface area contributed by atoms with Gasteiger partial charge in [-0.05, 0) is 37.1 Å². The van der Waals surface area contributed by atoms with Crippen molar-refractivity contribution in [3.8, 4) is 11.5 Å². The van der Waals surface area contributed by atoms with Gasteiger partial charge in [-0.25, -0.2) is 9.67 Å². The number of para-hydroxylation sites is 2. The van der Waals surface area contributed by atoms with E-state index in [1.165, 1.54) is 0 Å². The molecule has 1 aromatic heterocycles. The maximum absolute atomic E-state index is 13.0. The molecule has 0 saturated carbocycles. The molecule has 0 aliphatic carbocycles. The Morgan fingerprint density at radius 2 is 1.69 bits per heavy atom. The van der Waals surface area contributed by atoms with Crippen LogP contribution in [0.5, 0.6) is 11.5 Å². The Balaban J connectivity index is 1.32. The lowest BCUT2D eigenvalue weighted by atomic mass is 10.0. The van der Waals surface area contributed by atoms with Gasteiger partial charge in [0.15, 0.2) is 0 Å². The predicted octanol–water partition coefficient (Wildman–Crippen LogP) is 3.21. The van der Waals surface area contributed by atoms with Gasteiger partial charge >= 0.3 is 0 Å². The summed E-state index contributed by atoms with van der Waals surface area (Å²) in [4.78, 5) is 18.9. The van der Waals surface area contributed by atoms with Crippen molar-refractivity contribution in [1.29, 1.82) is 0 Å². The molecule has 0 atom stereocenters. The van der Waals surface area contributed by atoms with Crippen molar-refractivity contribution in [2.75, 3.05) is 26.3 Å². The average Bonchev–Trinajstić information content (AvgIpc) is 3.32. The largest absolute Gasteiger partial charge is 0.490 e. The fraction of sp³-hybridized carbons (Fsp3) is 0.318. The average molecular weight is 392 g/mol. The SMILES string of the molecule is O=C(c1ccccc1OCCOc1ccccc1)N1CCC(n2cncn2)CC1. The Bertz CT molecular complexity index is 907. The number of hydrogen-bond donors (Lipinski definition) is 0. The van der Waals surface area contributed by atoms with Crippen LogP contribution in [0.25, 0.3) is 0 Å². The number of hydrogen-bond acceptors (Lipinski definition) is 5. The zero-order chi connectivity index (χ0) is 19.9. The number of rotatable bonds is 7. The van der Waals surface area contributed by atoms with E-state index in [1.807, 2.05) is 64.2 Å². The van der Waals surface area contributed by atoms with Crippen molar-refractivity contribution in [2.45, 2.75) is 18.9 Å². The third-order valence-electron chi connectivity index (χ3n) is 5.03. The number of carbonyl (C=O) groups excluding carboxylic acids is 1. The molecule has 1 fully saturated rings. The Hall–Kier alpha value is -3.35. The van der Waals surface area contributed by atoms with Crippen LogP contribution in [-0.2, 0) is 0 Å². The minimum absolute atomic E-state index is 0.00150. The van der Waals surface area contributed by atoms with Gasteiger partial charge in [0, 0.05) is 13.1 Å². The van der Waals surface area contributed by atoms with Crippen LogP contribution in [0.15, 0.2) is 67.3 Å². The van der Waals surface area contributed by atoms with Crippen LogP contribution >= 0.6 is 0 Å². The van der Waals surface area contributed by atoms with Crippen molar-refractivity contribution in [3.05, 3.63) is 72.8 Å². The summed E-state index contributed by atoms with van der Waals surface area (Å²) < 4.78 is 13.4. The fourth-order valence-electron chi connectivity index (χ4n) is 3.51. The van der Waals surface area contributed by atoms with Crippen LogP contribution in [0.2, 0.25) is 0 Å². The van der Waals surface area contributed by atoms with Crippen LogP contribution in [-0.4, -0.2) is 51.9 Å². The first kappa shape index (κ1) is 19.0. The molecule has 4 rings (SSSR count). The van der Waals surface area contributed by atoms with Crippen LogP contribution in [0.1, 0.15) is 29.2 Å².